The normalized spacial score (nSPS) is 15.5. The van der Waals surface area contributed by atoms with Crippen molar-refractivity contribution in [3.05, 3.63) is 65.4 Å². The number of urea groups is 1. The number of hydrogen-bond acceptors (Lipinski definition) is 5. The van der Waals surface area contributed by atoms with Crippen molar-refractivity contribution in [1.29, 1.82) is 0 Å². The van der Waals surface area contributed by atoms with Crippen molar-refractivity contribution in [3.8, 4) is 5.75 Å². The number of thiocarbonyl (C=S) groups is 1. The van der Waals surface area contributed by atoms with Gasteiger partial charge in [-0.05, 0) is 61.8 Å². The highest BCUT2D eigenvalue weighted by molar-refractivity contribution is 7.80. The molecule has 0 fully saturated rings. The van der Waals surface area contributed by atoms with Crippen LogP contribution < -0.4 is 20.7 Å². The van der Waals surface area contributed by atoms with E-state index in [9.17, 15) is 9.59 Å². The van der Waals surface area contributed by atoms with Gasteiger partial charge in [-0.1, -0.05) is 38.1 Å². The minimum absolute atomic E-state index is 0.227. The number of anilines is 2. The van der Waals surface area contributed by atoms with E-state index in [2.05, 4.69) is 16.0 Å². The molecule has 3 rings (SSSR count). The van der Waals surface area contributed by atoms with E-state index in [4.69, 9.17) is 21.7 Å². The maximum Gasteiger partial charge on any atom is 0.338 e. The van der Waals surface area contributed by atoms with E-state index < -0.39 is 12.1 Å². The number of ether oxygens (including phenoxy) is 2. The molecule has 0 radical (unpaired) electrons. The molecule has 3 N–H and O–H groups in total. The maximum absolute atomic E-state index is 13.0. The van der Waals surface area contributed by atoms with Crippen molar-refractivity contribution in [2.75, 3.05) is 30.9 Å². The standard InChI is InChI=1S/C26H32N4O4S/c1-6-30-17(4)22(24(31)34-15-16(2)3)23(29-26(30)35)18-11-13-19(14-12-18)27-25(32)28-20-9-7-8-10-21(20)33-5/h7-14,16,23H,6,15H2,1-5H3,(H,29,35)(H2,27,28,32)/t23-/m0/s1. The van der Waals surface area contributed by atoms with Gasteiger partial charge in [-0.15, -0.1) is 0 Å². The number of esters is 1. The summed E-state index contributed by atoms with van der Waals surface area (Å²) in [5.41, 5.74) is 3.28. The van der Waals surface area contributed by atoms with Crippen LogP contribution in [0.5, 0.6) is 5.75 Å². The number of nitrogens with one attached hydrogen (secondary N) is 3. The van der Waals surface area contributed by atoms with Crippen molar-refractivity contribution < 1.29 is 19.1 Å². The van der Waals surface area contributed by atoms with Crippen LogP contribution >= 0.6 is 12.2 Å². The van der Waals surface area contributed by atoms with Gasteiger partial charge in [0.1, 0.15) is 5.75 Å². The predicted molar refractivity (Wildman–Crippen MR) is 141 cm³/mol. The third-order valence-corrected chi connectivity index (χ3v) is 5.88. The lowest BCUT2D eigenvalue weighted by atomic mass is 9.95. The summed E-state index contributed by atoms with van der Waals surface area (Å²) >= 11 is 5.54. The number of methoxy groups -OCH3 is 1. The van der Waals surface area contributed by atoms with Gasteiger partial charge in [-0.25, -0.2) is 9.59 Å². The van der Waals surface area contributed by atoms with Gasteiger partial charge in [0.05, 0.1) is 31.0 Å². The van der Waals surface area contributed by atoms with E-state index in [-0.39, 0.29) is 11.9 Å². The van der Waals surface area contributed by atoms with Crippen molar-refractivity contribution in [2.45, 2.75) is 33.7 Å². The smallest absolute Gasteiger partial charge is 0.338 e. The summed E-state index contributed by atoms with van der Waals surface area (Å²) in [5.74, 6) is 0.427. The molecular formula is C26H32N4O4S. The average molecular weight is 497 g/mol. The van der Waals surface area contributed by atoms with Gasteiger partial charge in [-0.2, -0.15) is 0 Å². The molecule has 0 saturated carbocycles. The highest BCUT2D eigenvalue weighted by atomic mass is 32.1. The first-order valence-corrected chi connectivity index (χ1v) is 11.9. The van der Waals surface area contributed by atoms with E-state index in [0.29, 0.717) is 41.0 Å². The summed E-state index contributed by atoms with van der Waals surface area (Å²) in [7, 11) is 1.55. The predicted octanol–water partition coefficient (Wildman–Crippen LogP) is 5.06. The lowest BCUT2D eigenvalue weighted by Crippen LogP contribution is -2.47. The highest BCUT2D eigenvalue weighted by Gasteiger charge is 2.34. The average Bonchev–Trinajstić information content (AvgIpc) is 2.83. The Morgan fingerprint density at radius 2 is 1.80 bits per heavy atom. The molecule has 2 aromatic rings. The molecule has 186 valence electrons. The summed E-state index contributed by atoms with van der Waals surface area (Å²) in [4.78, 5) is 27.4. The molecule has 2 aromatic carbocycles. The molecule has 1 atom stereocenters. The van der Waals surface area contributed by atoms with Crippen LogP contribution in [0.2, 0.25) is 0 Å². The number of benzene rings is 2. The van der Waals surface area contributed by atoms with Gasteiger partial charge in [0.15, 0.2) is 5.11 Å². The first-order valence-electron chi connectivity index (χ1n) is 11.5. The lowest BCUT2D eigenvalue weighted by molar-refractivity contribution is -0.140. The summed E-state index contributed by atoms with van der Waals surface area (Å²) in [6, 6.07) is 13.6. The minimum atomic E-state index is -0.457. The van der Waals surface area contributed by atoms with Crippen LogP contribution in [0, 0.1) is 5.92 Å². The third-order valence-electron chi connectivity index (χ3n) is 5.54. The quantitative estimate of drug-likeness (QED) is 0.347. The number of nitrogens with zero attached hydrogens (tertiary/aromatic N) is 1. The van der Waals surface area contributed by atoms with Crippen LogP contribution in [0.4, 0.5) is 16.2 Å². The van der Waals surface area contributed by atoms with E-state index in [1.807, 2.05) is 56.9 Å². The van der Waals surface area contributed by atoms with Gasteiger partial charge in [0.2, 0.25) is 0 Å². The molecule has 9 heteroatoms. The maximum atomic E-state index is 13.0. The molecule has 2 amide bonds. The highest BCUT2D eigenvalue weighted by Crippen LogP contribution is 2.32. The second-order valence-corrected chi connectivity index (χ2v) is 8.91. The Bertz CT molecular complexity index is 1110. The summed E-state index contributed by atoms with van der Waals surface area (Å²) in [5, 5.41) is 9.41. The molecule has 0 unspecified atom stereocenters. The Balaban J connectivity index is 1.79. The Labute approximate surface area is 211 Å². The Hall–Kier alpha value is -3.59. The van der Waals surface area contributed by atoms with E-state index >= 15 is 0 Å². The number of para-hydroxylation sites is 2. The Morgan fingerprint density at radius 1 is 1.11 bits per heavy atom. The van der Waals surface area contributed by atoms with Crippen molar-refractivity contribution in [1.82, 2.24) is 10.2 Å². The molecule has 35 heavy (non-hydrogen) atoms. The van der Waals surface area contributed by atoms with Crippen LogP contribution in [0.25, 0.3) is 0 Å². The van der Waals surface area contributed by atoms with Crippen LogP contribution in [-0.4, -0.2) is 42.3 Å². The molecule has 0 aliphatic carbocycles. The van der Waals surface area contributed by atoms with Crippen molar-refractivity contribution >= 4 is 40.7 Å². The molecule has 0 spiro atoms. The topological polar surface area (TPSA) is 91.9 Å². The van der Waals surface area contributed by atoms with Gasteiger partial charge in [-0.3, -0.25) is 0 Å². The molecule has 1 aliphatic heterocycles. The van der Waals surface area contributed by atoms with Gasteiger partial charge in [0.25, 0.3) is 0 Å². The Morgan fingerprint density at radius 3 is 2.43 bits per heavy atom. The molecule has 0 bridgehead atoms. The number of amides is 2. The molecular weight excluding hydrogens is 464 g/mol. The molecule has 0 saturated heterocycles. The van der Waals surface area contributed by atoms with E-state index in [1.54, 1.807) is 31.4 Å². The van der Waals surface area contributed by atoms with Crippen LogP contribution in [0.15, 0.2) is 59.8 Å². The first kappa shape index (κ1) is 26.0. The summed E-state index contributed by atoms with van der Waals surface area (Å²) in [6.07, 6.45) is 0. The molecule has 1 aliphatic rings. The second kappa shape index (κ2) is 11.7. The number of carbonyl (C=O) groups is 2. The van der Waals surface area contributed by atoms with E-state index in [1.165, 1.54) is 0 Å². The van der Waals surface area contributed by atoms with Crippen molar-refractivity contribution in [3.63, 3.8) is 0 Å². The number of rotatable bonds is 8. The van der Waals surface area contributed by atoms with Gasteiger partial charge >= 0.3 is 12.0 Å². The third kappa shape index (κ3) is 6.30. The van der Waals surface area contributed by atoms with Crippen LogP contribution in [0.1, 0.15) is 39.3 Å². The van der Waals surface area contributed by atoms with Crippen molar-refractivity contribution in [2.24, 2.45) is 5.92 Å². The zero-order chi connectivity index (χ0) is 25.5. The fraction of sp³-hybridized carbons (Fsp3) is 0.346. The molecule has 1 heterocycles. The summed E-state index contributed by atoms with van der Waals surface area (Å²) in [6.45, 7) is 8.82. The molecule has 0 aromatic heterocycles. The monoisotopic (exact) mass is 496 g/mol. The van der Waals surface area contributed by atoms with Crippen LogP contribution in [0.3, 0.4) is 0 Å². The first-order chi connectivity index (χ1) is 16.7. The second-order valence-electron chi connectivity index (χ2n) is 8.52. The van der Waals surface area contributed by atoms with E-state index in [0.717, 1.165) is 11.3 Å². The Kier molecular flexibility index (Phi) is 8.70. The zero-order valence-electron chi connectivity index (χ0n) is 20.7. The fourth-order valence-corrected chi connectivity index (χ4v) is 4.17. The van der Waals surface area contributed by atoms with Crippen LogP contribution in [-0.2, 0) is 9.53 Å². The van der Waals surface area contributed by atoms with Gasteiger partial charge < -0.3 is 30.3 Å². The number of allylic oxidation sites excluding steroid dienone is 1. The fourth-order valence-electron chi connectivity index (χ4n) is 3.79. The number of hydrogen-bond donors (Lipinski definition) is 3. The minimum Gasteiger partial charge on any atom is -0.495 e. The zero-order valence-corrected chi connectivity index (χ0v) is 21.5. The molecule has 8 nitrogen and oxygen atoms in total. The SMILES string of the molecule is CCN1C(=S)N[C@@H](c2ccc(NC(=O)Nc3ccccc3OC)cc2)C(C(=O)OCC(C)C)=C1C. The largest absolute Gasteiger partial charge is 0.495 e. The number of carbonyl (C=O) groups excluding carboxylic acids is 2. The van der Waals surface area contributed by atoms with Gasteiger partial charge in [0, 0.05) is 17.9 Å². The lowest BCUT2D eigenvalue weighted by Gasteiger charge is -2.37. The summed E-state index contributed by atoms with van der Waals surface area (Å²) < 4.78 is 10.8.